The first-order valence-corrected chi connectivity index (χ1v) is 9.86. The molecule has 0 aliphatic rings. The number of hydrogen-bond acceptors (Lipinski definition) is 5. The maximum absolute atomic E-state index is 14.6. The number of aromatic hydroxyl groups is 1. The van der Waals surface area contributed by atoms with Crippen LogP contribution in [0.5, 0.6) is 5.75 Å². The van der Waals surface area contributed by atoms with Gasteiger partial charge in [0.05, 0.1) is 16.6 Å². The topological polar surface area (TPSA) is 87.1 Å². The zero-order chi connectivity index (χ0) is 18.2. The average molecular weight is 366 g/mol. The average Bonchev–Trinajstić information content (AvgIpc) is 2.48. The Morgan fingerprint density at radius 3 is 2.56 bits per heavy atom. The van der Waals surface area contributed by atoms with E-state index < -0.39 is 21.8 Å². The van der Waals surface area contributed by atoms with Crippen molar-refractivity contribution in [1.82, 2.24) is 9.97 Å². The molecular weight excluding hydrogens is 350 g/mol. The van der Waals surface area contributed by atoms with E-state index in [1.165, 1.54) is 31.0 Å². The van der Waals surface area contributed by atoms with Crippen molar-refractivity contribution >= 4 is 38.2 Å². The van der Waals surface area contributed by atoms with E-state index in [0.29, 0.717) is 5.69 Å². The molecule has 0 amide bonds. The van der Waals surface area contributed by atoms with Crippen LogP contribution in [-0.4, -0.2) is 31.8 Å². The van der Waals surface area contributed by atoms with Crippen LogP contribution in [0.1, 0.15) is 0 Å². The summed E-state index contributed by atoms with van der Waals surface area (Å²) in [5, 5.41) is 12.6. The summed E-state index contributed by atoms with van der Waals surface area (Å²) in [5.74, 6) is -1.44. The third-order valence-corrected chi connectivity index (χ3v) is 4.10. The molecule has 0 atom stereocenters. The third kappa shape index (κ3) is 3.82. The predicted octanol–water partition coefficient (Wildman–Crippen LogP) is 2.96. The van der Waals surface area contributed by atoms with Crippen LogP contribution < -0.4 is 10.0 Å². The Morgan fingerprint density at radius 1 is 1.12 bits per heavy atom. The molecule has 1 aromatic heterocycles. The zero-order valence-electron chi connectivity index (χ0n) is 13.4. The summed E-state index contributed by atoms with van der Waals surface area (Å²) in [5.41, 5.74) is 0.803. The number of thiol groups is 1. The smallest absolute Gasteiger partial charge is 0.144 e. The van der Waals surface area contributed by atoms with Crippen LogP contribution in [0.25, 0.3) is 10.9 Å². The lowest BCUT2D eigenvalue weighted by Gasteiger charge is -2.17. The van der Waals surface area contributed by atoms with E-state index in [1.54, 1.807) is 6.07 Å². The van der Waals surface area contributed by atoms with Gasteiger partial charge in [-0.3, -0.25) is 4.21 Å². The van der Waals surface area contributed by atoms with Gasteiger partial charge in [0.15, 0.2) is 0 Å². The Labute approximate surface area is 143 Å². The standard InChI is InChI=1S/C16H16F2N4O2S/c1-25(2,24)22-10-6-11(18)15-13(7-10)19-8-20-16(15)21-12-4-3-9(17)5-14(12)23/h3-8,23,25H,1-2H3,(H,22,24)(H,19,20,21). The summed E-state index contributed by atoms with van der Waals surface area (Å²) in [4.78, 5) is 8.02. The summed E-state index contributed by atoms with van der Waals surface area (Å²) in [7, 11) is -2.61. The van der Waals surface area contributed by atoms with Crippen molar-refractivity contribution in [3.63, 3.8) is 0 Å². The molecule has 6 nitrogen and oxygen atoms in total. The summed E-state index contributed by atoms with van der Waals surface area (Å²) in [6, 6.07) is 6.15. The summed E-state index contributed by atoms with van der Waals surface area (Å²) in [6.07, 6.45) is 4.28. The van der Waals surface area contributed by atoms with E-state index >= 15 is 0 Å². The molecule has 0 fully saturated rings. The van der Waals surface area contributed by atoms with Gasteiger partial charge in [0, 0.05) is 24.3 Å². The van der Waals surface area contributed by atoms with Crippen LogP contribution in [0.2, 0.25) is 0 Å². The number of nitrogens with one attached hydrogen (secondary N) is 2. The number of nitrogens with zero attached hydrogens (tertiary/aromatic N) is 2. The van der Waals surface area contributed by atoms with Gasteiger partial charge < -0.3 is 15.1 Å². The number of halogens is 2. The molecule has 0 aliphatic carbocycles. The Balaban J connectivity index is 2.06. The van der Waals surface area contributed by atoms with Crippen molar-refractivity contribution in [3.05, 3.63) is 48.3 Å². The summed E-state index contributed by atoms with van der Waals surface area (Å²) < 4.78 is 42.3. The first kappa shape index (κ1) is 17.0. The van der Waals surface area contributed by atoms with Crippen molar-refractivity contribution < 1.29 is 18.1 Å². The number of phenols is 1. The van der Waals surface area contributed by atoms with Crippen LogP contribution in [0.3, 0.4) is 0 Å². The quantitative estimate of drug-likeness (QED) is 0.421. The van der Waals surface area contributed by atoms with E-state index in [2.05, 4.69) is 20.0 Å². The van der Waals surface area contributed by atoms with Crippen molar-refractivity contribution in [2.75, 3.05) is 22.6 Å². The van der Waals surface area contributed by atoms with Gasteiger partial charge in [0.1, 0.15) is 29.5 Å². The molecule has 3 aromatic rings. The highest BCUT2D eigenvalue weighted by Crippen LogP contribution is 2.32. The minimum Gasteiger partial charge on any atom is -0.506 e. The molecule has 3 N–H and O–H groups in total. The van der Waals surface area contributed by atoms with Crippen molar-refractivity contribution in [2.24, 2.45) is 0 Å². The van der Waals surface area contributed by atoms with E-state index in [9.17, 15) is 18.1 Å². The number of aromatic nitrogens is 2. The number of fused-ring (bicyclic) bond motifs is 1. The molecule has 1 heterocycles. The van der Waals surface area contributed by atoms with Gasteiger partial charge in [-0.15, -0.1) is 0 Å². The molecule has 9 heteroatoms. The first-order chi connectivity index (χ1) is 11.7. The van der Waals surface area contributed by atoms with Gasteiger partial charge in [-0.25, -0.2) is 18.7 Å². The summed E-state index contributed by atoms with van der Waals surface area (Å²) >= 11 is 0. The Bertz CT molecular complexity index is 1010. The Kier molecular flexibility index (Phi) is 4.25. The van der Waals surface area contributed by atoms with Gasteiger partial charge >= 0.3 is 0 Å². The highest BCUT2D eigenvalue weighted by atomic mass is 32.3. The Morgan fingerprint density at radius 2 is 1.88 bits per heavy atom. The van der Waals surface area contributed by atoms with Gasteiger partial charge in [0.2, 0.25) is 0 Å². The lowest BCUT2D eigenvalue weighted by atomic mass is 10.2. The zero-order valence-corrected chi connectivity index (χ0v) is 14.3. The molecular formula is C16H16F2N4O2S. The molecule has 0 aliphatic heterocycles. The maximum Gasteiger partial charge on any atom is 0.144 e. The lowest BCUT2D eigenvalue weighted by molar-refractivity contribution is 0.471. The van der Waals surface area contributed by atoms with Crippen LogP contribution in [0.15, 0.2) is 36.7 Å². The van der Waals surface area contributed by atoms with Crippen LogP contribution in [0.4, 0.5) is 26.0 Å². The molecule has 0 unspecified atom stereocenters. The fraction of sp³-hybridized carbons (Fsp3) is 0.125. The van der Waals surface area contributed by atoms with Gasteiger partial charge in [0.25, 0.3) is 0 Å². The van der Waals surface area contributed by atoms with Gasteiger partial charge in [-0.2, -0.15) is 0 Å². The van der Waals surface area contributed by atoms with E-state index in [-0.39, 0.29) is 28.2 Å². The molecule has 0 saturated carbocycles. The molecule has 132 valence electrons. The predicted molar refractivity (Wildman–Crippen MR) is 95.9 cm³/mol. The molecule has 25 heavy (non-hydrogen) atoms. The minimum absolute atomic E-state index is 0.0961. The third-order valence-electron chi connectivity index (χ3n) is 3.30. The number of anilines is 3. The fourth-order valence-electron chi connectivity index (χ4n) is 2.35. The molecule has 0 spiro atoms. The van der Waals surface area contributed by atoms with Crippen molar-refractivity contribution in [3.8, 4) is 5.75 Å². The van der Waals surface area contributed by atoms with Crippen LogP contribution in [0, 0.1) is 11.6 Å². The summed E-state index contributed by atoms with van der Waals surface area (Å²) in [6.45, 7) is 0. The van der Waals surface area contributed by atoms with Crippen LogP contribution in [-0.2, 0) is 10.1 Å². The van der Waals surface area contributed by atoms with E-state index in [0.717, 1.165) is 12.1 Å². The van der Waals surface area contributed by atoms with Crippen molar-refractivity contribution in [1.29, 1.82) is 0 Å². The largest absolute Gasteiger partial charge is 0.506 e. The fourth-order valence-corrected chi connectivity index (χ4v) is 3.10. The van der Waals surface area contributed by atoms with Gasteiger partial charge in [-0.05, 0) is 34.4 Å². The number of rotatable bonds is 4. The SMILES string of the molecule is C[SH](C)(=O)Nc1cc(F)c2c(Nc3ccc(F)cc3O)ncnc2c1. The highest BCUT2D eigenvalue weighted by Gasteiger charge is 2.14. The molecule has 2 aromatic carbocycles. The van der Waals surface area contributed by atoms with E-state index in [4.69, 9.17) is 0 Å². The van der Waals surface area contributed by atoms with Crippen molar-refractivity contribution in [2.45, 2.75) is 0 Å². The number of phenolic OH excluding ortho intramolecular Hbond substituents is 1. The normalized spacial score (nSPS) is 12.2. The Hall–Kier alpha value is -2.81. The monoisotopic (exact) mass is 366 g/mol. The second kappa shape index (κ2) is 6.25. The molecule has 0 radical (unpaired) electrons. The van der Waals surface area contributed by atoms with E-state index in [1.807, 2.05) is 0 Å². The molecule has 3 rings (SSSR count). The molecule has 0 bridgehead atoms. The van der Waals surface area contributed by atoms with Crippen LogP contribution >= 0.6 is 0 Å². The lowest BCUT2D eigenvalue weighted by Crippen LogP contribution is -2.17. The second-order valence-electron chi connectivity index (χ2n) is 5.82. The second-order valence-corrected chi connectivity index (χ2v) is 8.75. The highest BCUT2D eigenvalue weighted by molar-refractivity contribution is 8.02. The van der Waals surface area contributed by atoms with Gasteiger partial charge in [-0.1, -0.05) is 0 Å². The minimum atomic E-state index is -2.61. The number of hydrogen-bond donors (Lipinski definition) is 4. The number of benzene rings is 2. The first-order valence-electron chi connectivity index (χ1n) is 7.26. The molecule has 0 saturated heterocycles. The maximum atomic E-state index is 14.6.